The number of hydrogen-bond donors (Lipinski definition) is 1. The van der Waals surface area contributed by atoms with Crippen LogP contribution in [0.25, 0.3) is 0 Å². The van der Waals surface area contributed by atoms with Gasteiger partial charge in [-0.25, -0.2) is 0 Å². The lowest BCUT2D eigenvalue weighted by Crippen LogP contribution is -2.30. The van der Waals surface area contributed by atoms with E-state index in [0.29, 0.717) is 0 Å². The molecule has 0 saturated carbocycles. The number of nitrogens with zero attached hydrogens (tertiary/aromatic N) is 1. The third-order valence-electron chi connectivity index (χ3n) is 6.12. The van der Waals surface area contributed by atoms with Gasteiger partial charge in [-0.05, 0) is 53.3 Å². The first-order valence-electron chi connectivity index (χ1n) is 9.53. The van der Waals surface area contributed by atoms with Gasteiger partial charge in [0.05, 0.1) is 18.1 Å². The summed E-state index contributed by atoms with van der Waals surface area (Å²) in [5, 5.41) is 15.1. The van der Waals surface area contributed by atoms with Gasteiger partial charge >= 0.3 is 0 Å². The van der Waals surface area contributed by atoms with E-state index < -0.39 is 0 Å². The van der Waals surface area contributed by atoms with Crippen LogP contribution in [-0.4, -0.2) is 12.0 Å². The average Bonchev–Trinajstić information content (AvgIpc) is 3.12. The molecule has 0 bridgehead atoms. The minimum atomic E-state index is -0.320. The van der Waals surface area contributed by atoms with Gasteiger partial charge < -0.3 is 10.1 Å². The van der Waals surface area contributed by atoms with Crippen LogP contribution in [0.1, 0.15) is 34.2 Å². The molecule has 0 radical (unpaired) electrons. The fourth-order valence-electron chi connectivity index (χ4n) is 4.92. The van der Waals surface area contributed by atoms with Crippen LogP contribution in [0.15, 0.2) is 65.1 Å². The highest BCUT2D eigenvalue weighted by molar-refractivity contribution is 9.10. The molecule has 3 aromatic rings. The van der Waals surface area contributed by atoms with Crippen molar-refractivity contribution in [2.24, 2.45) is 5.92 Å². The second-order valence-electron chi connectivity index (χ2n) is 7.58. The number of ether oxygens (including phenoxy) is 1. The van der Waals surface area contributed by atoms with Gasteiger partial charge in [0.25, 0.3) is 5.69 Å². The Morgan fingerprint density at radius 1 is 1.07 bits per heavy atom. The quantitative estimate of drug-likeness (QED) is 0.402. The van der Waals surface area contributed by atoms with Crippen LogP contribution in [0.4, 0.5) is 11.4 Å². The zero-order chi connectivity index (χ0) is 20.1. The lowest BCUT2D eigenvalue weighted by Gasteiger charge is -2.38. The minimum Gasteiger partial charge on any atom is -0.496 e. The van der Waals surface area contributed by atoms with Gasteiger partial charge in [-0.15, -0.1) is 0 Å². The number of fused-ring (bicyclic) bond motifs is 5. The molecule has 5 rings (SSSR count). The molecule has 0 fully saturated rings. The highest BCUT2D eigenvalue weighted by Crippen LogP contribution is 2.55. The van der Waals surface area contributed by atoms with E-state index in [-0.39, 0.29) is 28.5 Å². The molecule has 0 saturated heterocycles. The van der Waals surface area contributed by atoms with Crippen molar-refractivity contribution < 1.29 is 9.66 Å². The molecule has 3 atom stereocenters. The summed E-state index contributed by atoms with van der Waals surface area (Å²) in [7, 11) is 1.69. The molecule has 146 valence electrons. The lowest BCUT2D eigenvalue weighted by molar-refractivity contribution is -0.384. The standard InChI is InChI=1S/C23H19BrN2O3/c1-29-21-9-6-14(24)11-18(21)23-19-10-13-4-2-3-5-16(13)22(19)17-12-15(26(27)28)7-8-20(17)25-23/h2-9,11-12,19,22-23,25H,10H2,1H3/t19-,22+,23-/m0/s1. The summed E-state index contributed by atoms with van der Waals surface area (Å²) >= 11 is 3.59. The normalized spacial score (nSPS) is 21.5. The van der Waals surface area contributed by atoms with Crippen molar-refractivity contribution in [3.05, 3.63) is 97.5 Å². The van der Waals surface area contributed by atoms with Crippen LogP contribution in [0.2, 0.25) is 0 Å². The maximum atomic E-state index is 11.4. The second kappa shape index (κ2) is 6.88. The van der Waals surface area contributed by atoms with Crippen LogP contribution in [0.5, 0.6) is 5.75 Å². The Balaban J connectivity index is 1.71. The Morgan fingerprint density at radius 2 is 1.90 bits per heavy atom. The van der Waals surface area contributed by atoms with Crippen molar-refractivity contribution in [2.75, 3.05) is 12.4 Å². The first-order chi connectivity index (χ1) is 14.1. The van der Waals surface area contributed by atoms with Crippen molar-refractivity contribution >= 4 is 27.3 Å². The van der Waals surface area contributed by atoms with Crippen LogP contribution < -0.4 is 10.1 Å². The van der Waals surface area contributed by atoms with E-state index in [2.05, 4.69) is 51.6 Å². The SMILES string of the molecule is COc1ccc(Br)cc1[C@@H]1Nc2ccc([N+](=O)[O-])cc2[C@H]2c3ccccc3C[C@@H]21. The van der Waals surface area contributed by atoms with Crippen molar-refractivity contribution in [3.8, 4) is 5.75 Å². The fraction of sp³-hybridized carbons (Fsp3) is 0.217. The van der Waals surface area contributed by atoms with Gasteiger partial charge in [-0.2, -0.15) is 0 Å². The van der Waals surface area contributed by atoms with E-state index in [4.69, 9.17) is 4.74 Å². The Kier molecular flexibility index (Phi) is 4.32. The minimum absolute atomic E-state index is 0.0359. The van der Waals surface area contributed by atoms with Gasteiger partial charge in [-0.1, -0.05) is 40.2 Å². The van der Waals surface area contributed by atoms with E-state index in [9.17, 15) is 10.1 Å². The number of methoxy groups -OCH3 is 1. The van der Waals surface area contributed by atoms with Crippen LogP contribution in [0.3, 0.4) is 0 Å². The van der Waals surface area contributed by atoms with Gasteiger partial charge in [0, 0.05) is 33.8 Å². The van der Waals surface area contributed by atoms with Crippen LogP contribution in [-0.2, 0) is 6.42 Å². The zero-order valence-electron chi connectivity index (χ0n) is 15.8. The number of halogens is 1. The molecule has 5 nitrogen and oxygen atoms in total. The molecule has 0 amide bonds. The van der Waals surface area contributed by atoms with Gasteiger partial charge in [-0.3, -0.25) is 10.1 Å². The van der Waals surface area contributed by atoms with Crippen LogP contribution >= 0.6 is 15.9 Å². The van der Waals surface area contributed by atoms with E-state index >= 15 is 0 Å². The van der Waals surface area contributed by atoms with Crippen molar-refractivity contribution in [3.63, 3.8) is 0 Å². The number of hydrogen-bond acceptors (Lipinski definition) is 4. The molecule has 0 spiro atoms. The second-order valence-corrected chi connectivity index (χ2v) is 8.50. The summed E-state index contributed by atoms with van der Waals surface area (Å²) in [6, 6.07) is 19.7. The number of rotatable bonds is 3. The molecule has 2 aliphatic rings. The zero-order valence-corrected chi connectivity index (χ0v) is 17.3. The number of benzene rings is 3. The number of anilines is 1. The number of non-ortho nitro benzene ring substituents is 1. The van der Waals surface area contributed by atoms with E-state index in [1.54, 1.807) is 19.2 Å². The average molecular weight is 451 g/mol. The van der Waals surface area contributed by atoms with E-state index in [0.717, 1.165) is 33.5 Å². The van der Waals surface area contributed by atoms with Gasteiger partial charge in [0.2, 0.25) is 0 Å². The highest BCUT2D eigenvalue weighted by Gasteiger charge is 2.44. The summed E-state index contributed by atoms with van der Waals surface area (Å²) in [6.07, 6.45) is 0.913. The molecule has 0 aromatic heterocycles. The molecular weight excluding hydrogens is 432 g/mol. The predicted octanol–water partition coefficient (Wildman–Crippen LogP) is 5.84. The highest BCUT2D eigenvalue weighted by atomic mass is 79.9. The molecule has 0 unspecified atom stereocenters. The molecule has 1 aliphatic carbocycles. The summed E-state index contributed by atoms with van der Waals surface area (Å²) in [4.78, 5) is 11.1. The summed E-state index contributed by atoms with van der Waals surface area (Å²) < 4.78 is 6.66. The number of nitro groups is 1. The first-order valence-corrected chi connectivity index (χ1v) is 10.3. The van der Waals surface area contributed by atoms with Gasteiger partial charge in [0.15, 0.2) is 0 Å². The van der Waals surface area contributed by atoms with Gasteiger partial charge in [0.1, 0.15) is 5.75 Å². The Bertz CT molecular complexity index is 1130. The third kappa shape index (κ3) is 2.90. The summed E-state index contributed by atoms with van der Waals surface area (Å²) in [5.74, 6) is 1.19. The smallest absolute Gasteiger partial charge is 0.269 e. The fourth-order valence-corrected chi connectivity index (χ4v) is 5.30. The third-order valence-corrected chi connectivity index (χ3v) is 6.61. The van der Waals surface area contributed by atoms with Crippen LogP contribution in [0, 0.1) is 16.0 Å². The molecule has 29 heavy (non-hydrogen) atoms. The maximum Gasteiger partial charge on any atom is 0.269 e. The molecule has 1 N–H and O–H groups in total. The molecule has 6 heteroatoms. The molecule has 1 aliphatic heterocycles. The topological polar surface area (TPSA) is 64.4 Å². The first kappa shape index (κ1) is 18.2. The lowest BCUT2D eigenvalue weighted by atomic mass is 9.75. The van der Waals surface area contributed by atoms with Crippen molar-refractivity contribution in [1.82, 2.24) is 0 Å². The Labute approximate surface area is 177 Å². The monoisotopic (exact) mass is 450 g/mol. The number of nitrogens with one attached hydrogen (secondary N) is 1. The maximum absolute atomic E-state index is 11.4. The van der Waals surface area contributed by atoms with Crippen molar-refractivity contribution in [1.29, 1.82) is 0 Å². The Morgan fingerprint density at radius 3 is 2.69 bits per heavy atom. The number of nitro benzene ring substituents is 1. The molecule has 3 aromatic carbocycles. The largest absolute Gasteiger partial charge is 0.496 e. The Hall–Kier alpha value is -2.86. The molecule has 1 heterocycles. The van der Waals surface area contributed by atoms with E-state index in [1.165, 1.54) is 11.1 Å². The van der Waals surface area contributed by atoms with E-state index in [1.807, 2.05) is 18.2 Å². The predicted molar refractivity (Wildman–Crippen MR) is 116 cm³/mol. The summed E-state index contributed by atoms with van der Waals surface area (Å²) in [5.41, 5.74) is 5.74. The van der Waals surface area contributed by atoms with Crippen molar-refractivity contribution in [2.45, 2.75) is 18.4 Å². The molecular formula is C23H19BrN2O3. The summed E-state index contributed by atoms with van der Waals surface area (Å²) in [6.45, 7) is 0.